The number of ether oxygens (including phenoxy) is 1. The Kier molecular flexibility index (Phi) is 3.62. The molecule has 1 saturated carbocycles. The van der Waals surface area contributed by atoms with Crippen LogP contribution in [-0.4, -0.2) is 17.7 Å². The first-order valence-electron chi connectivity index (χ1n) is 5.32. The highest BCUT2D eigenvalue weighted by Crippen LogP contribution is 2.26. The van der Waals surface area contributed by atoms with Crippen LogP contribution in [0.2, 0.25) is 0 Å². The summed E-state index contributed by atoms with van der Waals surface area (Å²) >= 11 is 0. The normalized spacial score (nSPS) is 24.5. The van der Waals surface area contributed by atoms with E-state index in [-0.39, 0.29) is 12.1 Å². The zero-order valence-electron chi connectivity index (χ0n) is 9.89. The van der Waals surface area contributed by atoms with Crippen molar-refractivity contribution in [1.82, 2.24) is 5.32 Å². The van der Waals surface area contributed by atoms with Crippen molar-refractivity contribution in [3.63, 3.8) is 0 Å². The van der Waals surface area contributed by atoms with Crippen LogP contribution in [-0.2, 0) is 4.74 Å². The SMILES string of the molecule is CC#CC1CC(NC(=O)OC(C)(C)C)C1. The zero-order chi connectivity index (χ0) is 11.5. The second-order valence-corrected chi connectivity index (χ2v) is 4.91. The molecule has 15 heavy (non-hydrogen) atoms. The molecule has 1 fully saturated rings. The molecule has 1 aliphatic carbocycles. The molecular weight excluding hydrogens is 190 g/mol. The van der Waals surface area contributed by atoms with Crippen molar-refractivity contribution in [3.8, 4) is 11.8 Å². The molecule has 1 N–H and O–H groups in total. The molecular formula is C12H19NO2. The van der Waals surface area contributed by atoms with Gasteiger partial charge in [0.1, 0.15) is 5.60 Å². The van der Waals surface area contributed by atoms with Gasteiger partial charge in [0.25, 0.3) is 0 Å². The molecule has 1 amide bonds. The molecule has 1 aliphatic rings. The Hall–Kier alpha value is -1.17. The summed E-state index contributed by atoms with van der Waals surface area (Å²) < 4.78 is 5.15. The average Bonchev–Trinajstić information content (AvgIpc) is 1.97. The third-order valence-corrected chi connectivity index (χ3v) is 2.21. The Labute approximate surface area is 91.6 Å². The number of hydrogen-bond acceptors (Lipinski definition) is 2. The lowest BCUT2D eigenvalue weighted by Crippen LogP contribution is -2.45. The van der Waals surface area contributed by atoms with Gasteiger partial charge in [-0.2, -0.15) is 0 Å². The van der Waals surface area contributed by atoms with Crippen molar-refractivity contribution in [1.29, 1.82) is 0 Å². The van der Waals surface area contributed by atoms with E-state index >= 15 is 0 Å². The number of nitrogens with one attached hydrogen (secondary N) is 1. The Morgan fingerprint density at radius 2 is 2.00 bits per heavy atom. The van der Waals surface area contributed by atoms with Crippen LogP contribution in [0.15, 0.2) is 0 Å². The number of hydrogen-bond donors (Lipinski definition) is 1. The summed E-state index contributed by atoms with van der Waals surface area (Å²) in [6, 6.07) is 0.241. The summed E-state index contributed by atoms with van der Waals surface area (Å²) in [5.74, 6) is 6.43. The minimum Gasteiger partial charge on any atom is -0.444 e. The van der Waals surface area contributed by atoms with E-state index in [4.69, 9.17) is 4.74 Å². The first-order valence-corrected chi connectivity index (χ1v) is 5.32. The quantitative estimate of drug-likeness (QED) is 0.673. The topological polar surface area (TPSA) is 38.3 Å². The number of alkyl carbamates (subject to hydrolysis) is 1. The molecule has 0 saturated heterocycles. The van der Waals surface area contributed by atoms with Crippen molar-refractivity contribution >= 4 is 6.09 Å². The highest BCUT2D eigenvalue weighted by atomic mass is 16.6. The van der Waals surface area contributed by atoms with Gasteiger partial charge in [-0.3, -0.25) is 0 Å². The maximum Gasteiger partial charge on any atom is 0.407 e. The smallest absolute Gasteiger partial charge is 0.407 e. The number of amides is 1. The van der Waals surface area contributed by atoms with Crippen molar-refractivity contribution < 1.29 is 9.53 Å². The molecule has 0 unspecified atom stereocenters. The molecule has 3 heteroatoms. The lowest BCUT2D eigenvalue weighted by Gasteiger charge is -2.33. The predicted molar refractivity (Wildman–Crippen MR) is 59.3 cm³/mol. The molecule has 84 valence electrons. The molecule has 0 bridgehead atoms. The van der Waals surface area contributed by atoms with Crippen LogP contribution < -0.4 is 5.32 Å². The predicted octanol–water partition coefficient (Wildman–Crippen LogP) is 2.31. The van der Waals surface area contributed by atoms with Crippen LogP contribution in [0.1, 0.15) is 40.5 Å². The molecule has 0 spiro atoms. The summed E-state index contributed by atoms with van der Waals surface area (Å²) in [7, 11) is 0. The standard InChI is InChI=1S/C12H19NO2/c1-5-6-9-7-10(8-9)13-11(14)15-12(2,3)4/h9-10H,7-8H2,1-4H3,(H,13,14). The van der Waals surface area contributed by atoms with Crippen LogP contribution in [0, 0.1) is 17.8 Å². The van der Waals surface area contributed by atoms with Crippen LogP contribution in [0.4, 0.5) is 4.79 Å². The van der Waals surface area contributed by atoms with Gasteiger partial charge in [-0.1, -0.05) is 0 Å². The van der Waals surface area contributed by atoms with E-state index in [0.29, 0.717) is 5.92 Å². The first-order chi connectivity index (χ1) is 6.90. The fraction of sp³-hybridized carbons (Fsp3) is 0.750. The summed E-state index contributed by atoms with van der Waals surface area (Å²) in [6.07, 6.45) is 1.57. The van der Waals surface area contributed by atoms with Crippen LogP contribution >= 0.6 is 0 Å². The minimum absolute atomic E-state index is 0.241. The summed E-state index contributed by atoms with van der Waals surface area (Å²) in [5, 5.41) is 2.83. The number of rotatable bonds is 1. The lowest BCUT2D eigenvalue weighted by molar-refractivity contribution is 0.0467. The second-order valence-electron chi connectivity index (χ2n) is 4.91. The Morgan fingerprint density at radius 3 is 2.47 bits per heavy atom. The third-order valence-electron chi connectivity index (χ3n) is 2.21. The molecule has 0 atom stereocenters. The third kappa shape index (κ3) is 4.24. The van der Waals surface area contributed by atoms with Gasteiger partial charge in [0.05, 0.1) is 0 Å². The van der Waals surface area contributed by atoms with E-state index < -0.39 is 5.60 Å². The van der Waals surface area contributed by atoms with Crippen molar-refractivity contribution in [2.45, 2.75) is 52.2 Å². The van der Waals surface area contributed by atoms with E-state index in [2.05, 4.69) is 17.2 Å². The van der Waals surface area contributed by atoms with Crippen molar-refractivity contribution in [3.05, 3.63) is 0 Å². The Morgan fingerprint density at radius 1 is 1.40 bits per heavy atom. The Balaban J connectivity index is 2.21. The van der Waals surface area contributed by atoms with Gasteiger partial charge < -0.3 is 10.1 Å². The zero-order valence-corrected chi connectivity index (χ0v) is 9.89. The first kappa shape index (κ1) is 11.9. The van der Waals surface area contributed by atoms with Crippen LogP contribution in [0.25, 0.3) is 0 Å². The summed E-state index contributed by atoms with van der Waals surface area (Å²) in [6.45, 7) is 7.42. The van der Waals surface area contributed by atoms with Gasteiger partial charge in [-0.05, 0) is 40.5 Å². The number of carbonyl (C=O) groups is 1. The molecule has 0 heterocycles. The highest BCUT2D eigenvalue weighted by molar-refractivity contribution is 5.68. The fourth-order valence-corrected chi connectivity index (χ4v) is 1.53. The molecule has 1 rings (SSSR count). The minimum atomic E-state index is -0.420. The molecule has 0 aliphatic heterocycles. The van der Waals surface area contributed by atoms with Gasteiger partial charge >= 0.3 is 6.09 Å². The maximum atomic E-state index is 11.4. The second kappa shape index (κ2) is 4.57. The van der Waals surface area contributed by atoms with E-state index in [0.717, 1.165) is 12.8 Å². The molecule has 3 nitrogen and oxygen atoms in total. The van der Waals surface area contributed by atoms with E-state index in [1.54, 1.807) is 0 Å². The van der Waals surface area contributed by atoms with Gasteiger partial charge in [0, 0.05) is 12.0 Å². The van der Waals surface area contributed by atoms with Crippen molar-refractivity contribution in [2.24, 2.45) is 5.92 Å². The van der Waals surface area contributed by atoms with E-state index in [1.807, 2.05) is 27.7 Å². The van der Waals surface area contributed by atoms with Gasteiger partial charge in [0.2, 0.25) is 0 Å². The van der Waals surface area contributed by atoms with Crippen LogP contribution in [0.3, 0.4) is 0 Å². The van der Waals surface area contributed by atoms with E-state index in [1.165, 1.54) is 0 Å². The largest absolute Gasteiger partial charge is 0.444 e. The van der Waals surface area contributed by atoms with Gasteiger partial charge in [0.15, 0.2) is 0 Å². The Bertz CT molecular complexity index is 287. The highest BCUT2D eigenvalue weighted by Gasteiger charge is 2.30. The van der Waals surface area contributed by atoms with Crippen LogP contribution in [0.5, 0.6) is 0 Å². The molecule has 0 aromatic heterocycles. The van der Waals surface area contributed by atoms with Gasteiger partial charge in [-0.15, -0.1) is 11.8 Å². The van der Waals surface area contributed by atoms with E-state index in [9.17, 15) is 4.79 Å². The molecule has 0 radical (unpaired) electrons. The monoisotopic (exact) mass is 209 g/mol. The number of carbonyl (C=O) groups excluding carboxylic acids is 1. The maximum absolute atomic E-state index is 11.4. The lowest BCUT2D eigenvalue weighted by atomic mass is 9.81. The average molecular weight is 209 g/mol. The summed E-state index contributed by atoms with van der Waals surface area (Å²) in [4.78, 5) is 11.4. The molecule has 0 aromatic carbocycles. The van der Waals surface area contributed by atoms with Crippen molar-refractivity contribution in [2.75, 3.05) is 0 Å². The molecule has 0 aromatic rings. The fourth-order valence-electron chi connectivity index (χ4n) is 1.53. The van der Waals surface area contributed by atoms with Gasteiger partial charge in [-0.25, -0.2) is 4.79 Å². The summed E-state index contributed by atoms with van der Waals surface area (Å²) in [5.41, 5.74) is -0.420.